The minimum Gasteiger partial charge on any atom is -0.298 e. The van der Waals surface area contributed by atoms with Gasteiger partial charge in [-0.05, 0) is 30.7 Å². The van der Waals surface area contributed by atoms with Crippen molar-refractivity contribution in [3.63, 3.8) is 0 Å². The fraction of sp³-hybridized carbons (Fsp3) is 0.160. The summed E-state index contributed by atoms with van der Waals surface area (Å²) in [5, 5.41) is 0. The van der Waals surface area contributed by atoms with Gasteiger partial charge in [-0.25, -0.2) is 0 Å². The Hall–Kier alpha value is -2.97. The minimum atomic E-state index is 0.0571. The van der Waals surface area contributed by atoms with Crippen molar-refractivity contribution < 1.29 is 4.79 Å². The van der Waals surface area contributed by atoms with Crippen molar-refractivity contribution in [1.82, 2.24) is 4.90 Å². The number of ketones is 1. The molecule has 0 aliphatic carbocycles. The first-order valence-corrected chi connectivity index (χ1v) is 9.26. The maximum Gasteiger partial charge on any atom is 0.193 e. The highest BCUT2D eigenvalue weighted by Gasteiger charge is 2.08. The lowest BCUT2D eigenvalue weighted by Crippen LogP contribution is -2.17. The standard InChI is InChI=1S/C25H25NO/c1-3-4-18-26(2)19-20-10-12-21(13-11-20)22-14-16-24(17-15-22)25(27)23-8-6-5-7-9-23/h3-17H,18-19H2,1-2H3/b4-3+. The predicted octanol–water partition coefficient (Wildman–Crippen LogP) is 5.59. The first-order valence-electron chi connectivity index (χ1n) is 9.26. The van der Waals surface area contributed by atoms with Gasteiger partial charge < -0.3 is 0 Å². The van der Waals surface area contributed by atoms with E-state index >= 15 is 0 Å². The molecule has 3 aromatic rings. The molecule has 0 aromatic heterocycles. The summed E-state index contributed by atoms with van der Waals surface area (Å²) in [5.74, 6) is 0.0571. The van der Waals surface area contributed by atoms with Gasteiger partial charge in [0.1, 0.15) is 0 Å². The van der Waals surface area contributed by atoms with Crippen molar-refractivity contribution >= 4 is 5.78 Å². The molecule has 2 heteroatoms. The van der Waals surface area contributed by atoms with Gasteiger partial charge in [-0.15, -0.1) is 0 Å². The summed E-state index contributed by atoms with van der Waals surface area (Å²) in [4.78, 5) is 14.8. The fourth-order valence-corrected chi connectivity index (χ4v) is 3.03. The molecule has 0 atom stereocenters. The van der Waals surface area contributed by atoms with Crippen molar-refractivity contribution in [3.8, 4) is 11.1 Å². The molecule has 0 fully saturated rings. The van der Waals surface area contributed by atoms with Crippen LogP contribution in [0.1, 0.15) is 28.4 Å². The maximum atomic E-state index is 12.5. The number of allylic oxidation sites excluding steroid dienone is 1. The van der Waals surface area contributed by atoms with E-state index in [2.05, 4.69) is 48.4 Å². The fourth-order valence-electron chi connectivity index (χ4n) is 3.03. The molecule has 3 aromatic carbocycles. The summed E-state index contributed by atoms with van der Waals surface area (Å²) in [6, 6.07) is 25.9. The lowest BCUT2D eigenvalue weighted by molar-refractivity contribution is 0.103. The van der Waals surface area contributed by atoms with Crippen LogP contribution in [0.5, 0.6) is 0 Å². The van der Waals surface area contributed by atoms with Crippen LogP contribution < -0.4 is 0 Å². The van der Waals surface area contributed by atoms with E-state index in [0.29, 0.717) is 5.56 Å². The number of carbonyl (C=O) groups is 1. The Morgan fingerprint density at radius 1 is 0.815 bits per heavy atom. The topological polar surface area (TPSA) is 20.3 Å². The normalized spacial score (nSPS) is 11.2. The van der Waals surface area contributed by atoms with Crippen molar-refractivity contribution in [2.75, 3.05) is 13.6 Å². The zero-order valence-corrected chi connectivity index (χ0v) is 15.9. The van der Waals surface area contributed by atoms with E-state index in [1.54, 1.807) is 0 Å². The average Bonchev–Trinajstić information content (AvgIpc) is 2.73. The number of hydrogen-bond donors (Lipinski definition) is 0. The second-order valence-corrected chi connectivity index (χ2v) is 6.74. The Labute approximate surface area is 161 Å². The molecule has 0 unspecified atom stereocenters. The number of likely N-dealkylation sites (N-methyl/N-ethyl adjacent to an activating group) is 1. The van der Waals surface area contributed by atoms with Crippen LogP contribution in [0.25, 0.3) is 11.1 Å². The highest BCUT2D eigenvalue weighted by atomic mass is 16.1. The Kier molecular flexibility index (Phi) is 6.35. The van der Waals surface area contributed by atoms with Gasteiger partial charge in [0.2, 0.25) is 0 Å². The van der Waals surface area contributed by atoms with Crippen LogP contribution in [0, 0.1) is 0 Å². The zero-order valence-electron chi connectivity index (χ0n) is 15.9. The summed E-state index contributed by atoms with van der Waals surface area (Å²) in [6.07, 6.45) is 4.23. The Morgan fingerprint density at radius 2 is 1.37 bits per heavy atom. The average molecular weight is 355 g/mol. The zero-order chi connectivity index (χ0) is 19.1. The van der Waals surface area contributed by atoms with Gasteiger partial charge in [0, 0.05) is 24.2 Å². The molecule has 0 amide bonds. The van der Waals surface area contributed by atoms with Crippen LogP contribution in [-0.4, -0.2) is 24.3 Å². The third-order valence-corrected chi connectivity index (χ3v) is 4.58. The quantitative estimate of drug-likeness (QED) is 0.406. The summed E-state index contributed by atoms with van der Waals surface area (Å²) in [6.45, 7) is 3.92. The number of benzene rings is 3. The van der Waals surface area contributed by atoms with Crippen molar-refractivity contribution in [2.45, 2.75) is 13.5 Å². The molecule has 27 heavy (non-hydrogen) atoms. The van der Waals surface area contributed by atoms with E-state index in [4.69, 9.17) is 0 Å². The van der Waals surface area contributed by atoms with Crippen LogP contribution in [0.3, 0.4) is 0 Å². The summed E-state index contributed by atoms with van der Waals surface area (Å²) in [5.41, 5.74) is 5.01. The smallest absolute Gasteiger partial charge is 0.193 e. The molecule has 3 rings (SSSR count). The highest BCUT2D eigenvalue weighted by Crippen LogP contribution is 2.22. The molecule has 0 aliphatic rings. The molecule has 0 saturated carbocycles. The lowest BCUT2D eigenvalue weighted by atomic mass is 9.99. The summed E-state index contributed by atoms with van der Waals surface area (Å²) < 4.78 is 0. The molecule has 0 N–H and O–H groups in total. The molecule has 0 aliphatic heterocycles. The second-order valence-electron chi connectivity index (χ2n) is 6.74. The molecular formula is C25H25NO. The van der Waals surface area contributed by atoms with Gasteiger partial charge in [0.05, 0.1) is 0 Å². The van der Waals surface area contributed by atoms with E-state index in [0.717, 1.165) is 29.8 Å². The van der Waals surface area contributed by atoms with E-state index in [1.165, 1.54) is 5.56 Å². The van der Waals surface area contributed by atoms with Crippen molar-refractivity contribution in [3.05, 3.63) is 108 Å². The molecule has 0 bridgehead atoms. The van der Waals surface area contributed by atoms with Gasteiger partial charge in [-0.1, -0.05) is 91.0 Å². The summed E-state index contributed by atoms with van der Waals surface area (Å²) >= 11 is 0. The van der Waals surface area contributed by atoms with Crippen LogP contribution in [-0.2, 0) is 6.54 Å². The van der Waals surface area contributed by atoms with Gasteiger partial charge in [0.25, 0.3) is 0 Å². The molecule has 136 valence electrons. The lowest BCUT2D eigenvalue weighted by Gasteiger charge is -2.14. The third kappa shape index (κ3) is 5.02. The Morgan fingerprint density at radius 3 is 1.96 bits per heavy atom. The first-order chi connectivity index (χ1) is 13.2. The van der Waals surface area contributed by atoms with E-state index in [1.807, 2.05) is 61.5 Å². The monoisotopic (exact) mass is 355 g/mol. The molecule has 0 radical (unpaired) electrons. The number of rotatable bonds is 7. The van der Waals surface area contributed by atoms with Gasteiger partial charge >= 0.3 is 0 Å². The highest BCUT2D eigenvalue weighted by molar-refractivity contribution is 6.09. The van der Waals surface area contributed by atoms with E-state index in [-0.39, 0.29) is 5.78 Å². The Bertz CT molecular complexity index is 893. The maximum absolute atomic E-state index is 12.5. The third-order valence-electron chi connectivity index (χ3n) is 4.58. The van der Waals surface area contributed by atoms with E-state index < -0.39 is 0 Å². The van der Waals surface area contributed by atoms with Crippen LogP contribution in [0.4, 0.5) is 0 Å². The minimum absolute atomic E-state index is 0.0571. The predicted molar refractivity (Wildman–Crippen MR) is 113 cm³/mol. The Balaban J connectivity index is 1.69. The van der Waals surface area contributed by atoms with Crippen molar-refractivity contribution in [1.29, 1.82) is 0 Å². The second kappa shape index (κ2) is 9.11. The number of nitrogens with zero attached hydrogens (tertiary/aromatic N) is 1. The van der Waals surface area contributed by atoms with Crippen LogP contribution in [0.2, 0.25) is 0 Å². The molecule has 0 heterocycles. The van der Waals surface area contributed by atoms with Gasteiger partial charge in [-0.2, -0.15) is 0 Å². The van der Waals surface area contributed by atoms with Crippen LogP contribution in [0.15, 0.2) is 91.0 Å². The number of hydrogen-bond acceptors (Lipinski definition) is 2. The summed E-state index contributed by atoms with van der Waals surface area (Å²) in [7, 11) is 2.12. The van der Waals surface area contributed by atoms with E-state index in [9.17, 15) is 4.79 Å². The first kappa shape index (κ1) is 18.8. The van der Waals surface area contributed by atoms with Gasteiger partial charge in [-0.3, -0.25) is 9.69 Å². The molecule has 0 saturated heterocycles. The molecule has 2 nitrogen and oxygen atoms in total. The van der Waals surface area contributed by atoms with Gasteiger partial charge in [0.15, 0.2) is 5.78 Å². The largest absolute Gasteiger partial charge is 0.298 e. The number of carbonyl (C=O) groups excluding carboxylic acids is 1. The SMILES string of the molecule is C/C=C/CN(C)Cc1ccc(-c2ccc(C(=O)c3ccccc3)cc2)cc1. The van der Waals surface area contributed by atoms with Crippen LogP contribution >= 0.6 is 0 Å². The molecule has 0 spiro atoms. The van der Waals surface area contributed by atoms with Crippen molar-refractivity contribution in [2.24, 2.45) is 0 Å². The molecular weight excluding hydrogens is 330 g/mol.